The normalized spacial score (nSPS) is 23.1. The number of aliphatic hydroxyl groups is 8. The second-order valence-electron chi connectivity index (χ2n) is 26.0. The number of unbranched alkanes of at least 4 members (excludes halogenated alkanes) is 28. The fraction of sp³-hybridized carbons (Fsp3) is 0.716. The Morgan fingerprint density at radius 2 is 0.737 bits per heavy atom. The third-order valence-corrected chi connectivity index (χ3v) is 17.6. The van der Waals surface area contributed by atoms with E-state index in [1.54, 1.807) is 6.08 Å². The summed E-state index contributed by atoms with van der Waals surface area (Å²) in [6.45, 7) is 2.65. The van der Waals surface area contributed by atoms with Crippen LogP contribution in [0.4, 0.5) is 0 Å². The topological polar surface area (TPSA) is 228 Å². The first-order chi connectivity index (χ1) is 46.6. The van der Waals surface area contributed by atoms with Gasteiger partial charge in [0.15, 0.2) is 12.6 Å². The lowest BCUT2D eigenvalue weighted by Crippen LogP contribution is -2.65. The summed E-state index contributed by atoms with van der Waals surface area (Å²) in [5.41, 5.74) is 0. The van der Waals surface area contributed by atoms with Crippen LogP contribution in [-0.2, 0) is 23.7 Å². The van der Waals surface area contributed by atoms with Gasteiger partial charge in [-0.15, -0.1) is 0 Å². The maximum atomic E-state index is 13.3. The molecule has 14 heteroatoms. The molecular formula is C81H137NO13. The van der Waals surface area contributed by atoms with Crippen LogP contribution in [0.1, 0.15) is 277 Å². The third kappa shape index (κ3) is 46.9. The van der Waals surface area contributed by atoms with Gasteiger partial charge in [-0.3, -0.25) is 4.79 Å². The first-order valence-corrected chi connectivity index (χ1v) is 37.9. The zero-order valence-electron chi connectivity index (χ0n) is 59.4. The largest absolute Gasteiger partial charge is 0.394 e. The zero-order valence-corrected chi connectivity index (χ0v) is 59.4. The van der Waals surface area contributed by atoms with Gasteiger partial charge in [0.25, 0.3) is 0 Å². The smallest absolute Gasteiger partial charge is 0.220 e. The number of ether oxygens (including phenoxy) is 4. The molecule has 0 aromatic carbocycles. The fourth-order valence-electron chi connectivity index (χ4n) is 11.6. The number of aliphatic hydroxyl groups excluding tert-OH is 8. The average Bonchev–Trinajstić information content (AvgIpc) is 0.801. The van der Waals surface area contributed by atoms with Gasteiger partial charge in [-0.2, -0.15) is 0 Å². The van der Waals surface area contributed by atoms with E-state index in [2.05, 4.69) is 135 Å². The highest BCUT2D eigenvalue weighted by Gasteiger charge is 2.51. The fourth-order valence-corrected chi connectivity index (χ4v) is 11.6. The number of nitrogens with one attached hydrogen (secondary N) is 1. The molecule has 0 bridgehead atoms. The molecule has 12 unspecified atom stereocenters. The van der Waals surface area contributed by atoms with Crippen LogP contribution >= 0.6 is 0 Å². The van der Waals surface area contributed by atoms with Crippen LogP contribution in [0.2, 0.25) is 0 Å². The molecule has 14 nitrogen and oxygen atoms in total. The molecule has 2 aliphatic heterocycles. The first-order valence-electron chi connectivity index (χ1n) is 37.9. The number of hydrogen-bond acceptors (Lipinski definition) is 13. The van der Waals surface area contributed by atoms with Crippen molar-refractivity contribution in [3.05, 3.63) is 134 Å². The maximum Gasteiger partial charge on any atom is 0.220 e. The van der Waals surface area contributed by atoms with Gasteiger partial charge >= 0.3 is 0 Å². The number of allylic oxidation sites excluding steroid dienone is 21. The minimum Gasteiger partial charge on any atom is -0.394 e. The van der Waals surface area contributed by atoms with Crippen molar-refractivity contribution in [1.82, 2.24) is 5.32 Å². The maximum absolute atomic E-state index is 13.3. The van der Waals surface area contributed by atoms with E-state index in [1.165, 1.54) is 167 Å². The van der Waals surface area contributed by atoms with Gasteiger partial charge in [-0.1, -0.05) is 308 Å². The van der Waals surface area contributed by atoms with Gasteiger partial charge < -0.3 is 65.1 Å². The number of amides is 1. The van der Waals surface area contributed by atoms with E-state index in [4.69, 9.17) is 18.9 Å². The number of rotatable bonds is 61. The van der Waals surface area contributed by atoms with Gasteiger partial charge in [0.1, 0.15) is 48.8 Å². The Balaban J connectivity index is 1.70. The van der Waals surface area contributed by atoms with E-state index in [1.807, 2.05) is 12.2 Å². The van der Waals surface area contributed by atoms with E-state index in [0.29, 0.717) is 19.3 Å². The van der Waals surface area contributed by atoms with Crippen LogP contribution < -0.4 is 5.32 Å². The van der Waals surface area contributed by atoms with Crippen molar-refractivity contribution in [2.24, 2.45) is 0 Å². The molecule has 2 fully saturated rings. The molecule has 0 radical (unpaired) electrons. The molecule has 544 valence electrons. The van der Waals surface area contributed by atoms with Gasteiger partial charge in [0.2, 0.25) is 5.91 Å². The van der Waals surface area contributed by atoms with E-state index in [-0.39, 0.29) is 18.9 Å². The minimum atomic E-state index is -1.81. The molecule has 2 rings (SSSR count). The monoisotopic (exact) mass is 1330 g/mol. The van der Waals surface area contributed by atoms with Crippen LogP contribution in [0.15, 0.2) is 134 Å². The predicted molar refractivity (Wildman–Crippen MR) is 391 cm³/mol. The van der Waals surface area contributed by atoms with Crippen LogP contribution in [0, 0.1) is 0 Å². The van der Waals surface area contributed by atoms with Crippen molar-refractivity contribution < 1.29 is 64.6 Å². The molecule has 2 aliphatic rings. The molecule has 95 heavy (non-hydrogen) atoms. The van der Waals surface area contributed by atoms with Gasteiger partial charge in [-0.05, 0) is 96.3 Å². The predicted octanol–water partition coefficient (Wildman–Crippen LogP) is 16.6. The molecule has 0 aromatic rings. The SMILES string of the molecule is CC/C=C\C/C=C\C/C=C\C/C=C\C/C=C\C/C=C\C/C=C\C/C=C\C/C=C\CCCC(=O)NC(COC1OC(CO)C(OC2OC(CO)C(O)C(O)C2O)C(O)C1O)C(O)/C=C/CC/C=C/CCCCCCCCCCCCCCCCCCCCCCCCCCCC. The molecule has 12 atom stereocenters. The zero-order chi connectivity index (χ0) is 68.7. The third-order valence-electron chi connectivity index (χ3n) is 17.6. The number of carbonyl (C=O) groups excluding carboxylic acids is 1. The van der Waals surface area contributed by atoms with Gasteiger partial charge in [0, 0.05) is 6.42 Å². The summed E-state index contributed by atoms with van der Waals surface area (Å²) in [5.74, 6) is -0.310. The van der Waals surface area contributed by atoms with Gasteiger partial charge in [-0.25, -0.2) is 0 Å². The molecule has 0 aromatic heterocycles. The van der Waals surface area contributed by atoms with E-state index < -0.39 is 86.8 Å². The Labute approximate surface area is 577 Å². The first kappa shape index (κ1) is 87.2. The van der Waals surface area contributed by atoms with Crippen molar-refractivity contribution in [3.8, 4) is 0 Å². The Morgan fingerprint density at radius 3 is 1.16 bits per heavy atom. The molecule has 0 spiro atoms. The van der Waals surface area contributed by atoms with E-state index in [9.17, 15) is 45.6 Å². The summed E-state index contributed by atoms with van der Waals surface area (Å²) in [4.78, 5) is 13.3. The van der Waals surface area contributed by atoms with Crippen LogP contribution in [-0.4, -0.2) is 140 Å². The van der Waals surface area contributed by atoms with Crippen LogP contribution in [0.25, 0.3) is 0 Å². The second kappa shape index (κ2) is 63.6. The molecule has 2 heterocycles. The highest BCUT2D eigenvalue weighted by molar-refractivity contribution is 5.76. The summed E-state index contributed by atoms with van der Waals surface area (Å²) < 4.78 is 22.8. The summed E-state index contributed by atoms with van der Waals surface area (Å²) in [7, 11) is 0. The minimum absolute atomic E-state index is 0.184. The quantitative estimate of drug-likeness (QED) is 0.0204. The van der Waals surface area contributed by atoms with Crippen molar-refractivity contribution in [2.45, 2.75) is 351 Å². The summed E-state index contributed by atoms with van der Waals surface area (Å²) in [6.07, 6.45) is 78.2. The lowest BCUT2D eigenvalue weighted by molar-refractivity contribution is -0.359. The van der Waals surface area contributed by atoms with E-state index in [0.717, 1.165) is 70.6 Å². The highest BCUT2D eigenvalue weighted by atomic mass is 16.7. The molecular weight excluding hydrogens is 1190 g/mol. The summed E-state index contributed by atoms with van der Waals surface area (Å²) >= 11 is 0. The molecule has 0 saturated carbocycles. The average molecular weight is 1330 g/mol. The lowest BCUT2D eigenvalue weighted by atomic mass is 9.97. The van der Waals surface area contributed by atoms with Gasteiger partial charge in [0.05, 0.1) is 32.0 Å². The Morgan fingerprint density at radius 1 is 0.389 bits per heavy atom. The van der Waals surface area contributed by atoms with Crippen LogP contribution in [0.3, 0.4) is 0 Å². The molecule has 9 N–H and O–H groups in total. The van der Waals surface area contributed by atoms with Crippen LogP contribution in [0.5, 0.6) is 0 Å². The second-order valence-corrected chi connectivity index (χ2v) is 26.0. The highest BCUT2D eigenvalue weighted by Crippen LogP contribution is 2.30. The lowest BCUT2D eigenvalue weighted by Gasteiger charge is -2.46. The summed E-state index contributed by atoms with van der Waals surface area (Å²) in [5, 5.41) is 87.5. The molecule has 0 aliphatic carbocycles. The Hall–Kier alpha value is -3.87. The number of carbonyl (C=O) groups is 1. The molecule has 2 saturated heterocycles. The molecule has 1 amide bonds. The van der Waals surface area contributed by atoms with Crippen molar-refractivity contribution in [3.63, 3.8) is 0 Å². The number of hydrogen-bond donors (Lipinski definition) is 9. The standard InChI is InChI=1S/C81H137NO13/c1-3-5-7-9-11-13-15-17-19-21-23-25-27-29-31-33-34-35-37-38-40-42-44-46-48-50-52-54-56-58-60-62-64-70(85)69(68-92-80-78(91)76(89)79(72(67-84)94-80)95-81-77(90)75(88)74(87)71(66-83)93-81)82-73(86)65-63-61-59-57-55-53-51-49-47-45-43-41-39-36-32-30-28-26-24-22-20-18-16-14-12-10-8-6-4-2/h6,8,12,14,18,20,24,26,30,32,39,41,45,47,51,53-54,56-57,59,62,64,69-72,74-81,83-85,87-91H,3-5,7,9-11,13,15-17,19,21-23,25,27-29,31,33-38,40,42-44,46,48-50,52,55,58,60-61,63,65-68H2,1-2H3,(H,82,86)/b8-6-,14-12-,20-18-,26-24-,32-30-,41-39-,47-45-,53-51-,56-54+,59-57-,64-62+. The summed E-state index contributed by atoms with van der Waals surface area (Å²) in [6, 6.07) is -0.975. The Bertz CT molecular complexity index is 2110. The van der Waals surface area contributed by atoms with Crippen molar-refractivity contribution >= 4 is 5.91 Å². The Kier molecular flexibility index (Phi) is 58.4. The van der Waals surface area contributed by atoms with Crippen molar-refractivity contribution in [2.75, 3.05) is 19.8 Å². The van der Waals surface area contributed by atoms with Crippen molar-refractivity contribution in [1.29, 1.82) is 0 Å². The van der Waals surface area contributed by atoms with E-state index >= 15 is 0 Å².